The topological polar surface area (TPSA) is 84.5 Å². The lowest BCUT2D eigenvalue weighted by Gasteiger charge is -2.13. The van der Waals surface area contributed by atoms with Crippen LogP contribution in [-0.2, 0) is 14.8 Å². The lowest BCUT2D eigenvalue weighted by atomic mass is 10.2. The van der Waals surface area contributed by atoms with Gasteiger partial charge < -0.3 is 10.1 Å². The summed E-state index contributed by atoms with van der Waals surface area (Å²) in [6.45, 7) is 4.93. The molecule has 0 aromatic heterocycles. The Hall–Kier alpha value is -1.80. The summed E-state index contributed by atoms with van der Waals surface area (Å²) in [5.74, 6) is -0.0115. The molecule has 0 unspecified atom stereocenters. The van der Waals surface area contributed by atoms with E-state index in [1.165, 1.54) is 24.3 Å². The minimum absolute atomic E-state index is 0.135. The first kappa shape index (κ1) is 21.5. The molecule has 0 atom stereocenters. The van der Waals surface area contributed by atoms with Gasteiger partial charge >= 0.3 is 0 Å². The third-order valence-electron chi connectivity index (χ3n) is 3.41. The molecular weight excluding hydrogens is 411 g/mol. The summed E-state index contributed by atoms with van der Waals surface area (Å²) in [6.07, 6.45) is 0. The van der Waals surface area contributed by atoms with Crippen LogP contribution in [0.3, 0.4) is 0 Å². The Bertz CT molecular complexity index is 946. The molecule has 0 saturated heterocycles. The summed E-state index contributed by atoms with van der Waals surface area (Å²) in [5, 5.41) is 3.41. The van der Waals surface area contributed by atoms with E-state index in [2.05, 4.69) is 10.0 Å². The van der Waals surface area contributed by atoms with E-state index in [0.717, 1.165) is 0 Å². The minimum Gasteiger partial charge on any atom is -0.483 e. The number of amides is 1. The zero-order valence-electron chi connectivity index (χ0n) is 15.0. The number of halogens is 2. The first-order chi connectivity index (χ1) is 12.6. The summed E-state index contributed by atoms with van der Waals surface area (Å²) in [7, 11) is -3.59. The van der Waals surface area contributed by atoms with Crippen molar-refractivity contribution in [3.05, 3.63) is 52.0 Å². The van der Waals surface area contributed by atoms with E-state index in [-0.39, 0.29) is 17.5 Å². The van der Waals surface area contributed by atoms with Crippen LogP contribution in [-0.4, -0.2) is 27.0 Å². The maximum Gasteiger partial charge on any atom is 0.262 e. The van der Waals surface area contributed by atoms with Gasteiger partial charge in [0.05, 0.1) is 15.6 Å². The predicted octanol–water partition coefficient (Wildman–Crippen LogP) is 4.01. The van der Waals surface area contributed by atoms with E-state index in [1.807, 2.05) is 0 Å². The van der Waals surface area contributed by atoms with Gasteiger partial charge in [-0.25, -0.2) is 13.1 Å². The molecule has 2 aromatic rings. The molecule has 6 nitrogen and oxygen atoms in total. The van der Waals surface area contributed by atoms with Crippen LogP contribution >= 0.6 is 23.2 Å². The first-order valence-corrected chi connectivity index (χ1v) is 10.3. The van der Waals surface area contributed by atoms with Crippen LogP contribution in [0.1, 0.15) is 19.4 Å². The number of carbonyl (C=O) groups is 1. The molecule has 0 aliphatic carbocycles. The van der Waals surface area contributed by atoms with Crippen molar-refractivity contribution in [1.29, 1.82) is 0 Å². The third-order valence-corrected chi connectivity index (χ3v) is 5.63. The standard InChI is InChI=1S/C18H20Cl2N2O4S/c1-11(2)22-27(24,25)14-5-7-17(12(3)8-14)26-10-18(23)21-16-9-13(19)4-6-15(16)20/h4-9,11,22H,10H2,1-3H3,(H,21,23). The Balaban J connectivity index is 2.04. The van der Waals surface area contributed by atoms with Gasteiger partial charge in [0.1, 0.15) is 5.75 Å². The van der Waals surface area contributed by atoms with Gasteiger partial charge in [0.15, 0.2) is 6.61 Å². The average Bonchev–Trinajstić information content (AvgIpc) is 2.56. The van der Waals surface area contributed by atoms with Gasteiger partial charge in [-0.3, -0.25) is 4.79 Å². The second kappa shape index (κ2) is 8.93. The Morgan fingerprint density at radius 3 is 2.48 bits per heavy atom. The van der Waals surface area contributed by atoms with E-state index in [4.69, 9.17) is 27.9 Å². The molecular formula is C18H20Cl2N2O4S. The van der Waals surface area contributed by atoms with Crippen molar-refractivity contribution in [3.8, 4) is 5.75 Å². The molecule has 2 N–H and O–H groups in total. The Morgan fingerprint density at radius 2 is 1.85 bits per heavy atom. The highest BCUT2D eigenvalue weighted by molar-refractivity contribution is 7.89. The summed E-state index contributed by atoms with van der Waals surface area (Å²) < 4.78 is 32.4. The third kappa shape index (κ3) is 6.10. The normalized spacial score (nSPS) is 11.5. The molecule has 0 saturated carbocycles. The zero-order chi connectivity index (χ0) is 20.2. The number of carbonyl (C=O) groups excluding carboxylic acids is 1. The molecule has 0 radical (unpaired) electrons. The second-order valence-corrected chi connectivity index (χ2v) is 8.72. The molecule has 0 heterocycles. The number of sulfonamides is 1. The fourth-order valence-electron chi connectivity index (χ4n) is 2.25. The van der Waals surface area contributed by atoms with Gasteiger partial charge in [-0.05, 0) is 62.7 Å². The molecule has 0 spiro atoms. The number of ether oxygens (including phenoxy) is 1. The average molecular weight is 431 g/mol. The van der Waals surface area contributed by atoms with Crippen LogP contribution in [0.2, 0.25) is 10.0 Å². The van der Waals surface area contributed by atoms with E-state index in [1.54, 1.807) is 32.9 Å². The van der Waals surface area contributed by atoms with Gasteiger partial charge in [-0.1, -0.05) is 23.2 Å². The summed E-state index contributed by atoms with van der Waals surface area (Å²) >= 11 is 11.9. The fraction of sp³-hybridized carbons (Fsp3) is 0.278. The van der Waals surface area contributed by atoms with E-state index < -0.39 is 15.9 Å². The quantitative estimate of drug-likeness (QED) is 0.694. The van der Waals surface area contributed by atoms with Gasteiger partial charge in [0, 0.05) is 11.1 Å². The minimum atomic E-state index is -3.59. The van der Waals surface area contributed by atoms with Crippen molar-refractivity contribution in [2.24, 2.45) is 0 Å². The smallest absolute Gasteiger partial charge is 0.262 e. The van der Waals surface area contributed by atoms with Crippen LogP contribution < -0.4 is 14.8 Å². The predicted molar refractivity (Wildman–Crippen MR) is 107 cm³/mol. The lowest BCUT2D eigenvalue weighted by Crippen LogP contribution is -2.30. The SMILES string of the molecule is Cc1cc(S(=O)(=O)NC(C)C)ccc1OCC(=O)Nc1cc(Cl)ccc1Cl. The Morgan fingerprint density at radius 1 is 1.15 bits per heavy atom. The second-order valence-electron chi connectivity index (χ2n) is 6.16. The number of nitrogens with one attached hydrogen (secondary N) is 2. The molecule has 1 amide bonds. The van der Waals surface area contributed by atoms with Gasteiger partial charge in [-0.2, -0.15) is 0 Å². The number of hydrogen-bond acceptors (Lipinski definition) is 4. The fourth-order valence-corrected chi connectivity index (χ4v) is 3.92. The highest BCUT2D eigenvalue weighted by Gasteiger charge is 2.17. The number of anilines is 1. The summed E-state index contributed by atoms with van der Waals surface area (Å²) in [4.78, 5) is 12.2. The van der Waals surface area contributed by atoms with Crippen molar-refractivity contribution >= 4 is 44.8 Å². The number of rotatable bonds is 7. The van der Waals surface area contributed by atoms with Crippen molar-refractivity contribution < 1.29 is 17.9 Å². The molecule has 2 aromatic carbocycles. The highest BCUT2D eigenvalue weighted by Crippen LogP contribution is 2.26. The van der Waals surface area contributed by atoms with Crippen LogP contribution in [0.4, 0.5) is 5.69 Å². The molecule has 27 heavy (non-hydrogen) atoms. The molecule has 146 valence electrons. The van der Waals surface area contributed by atoms with Crippen LogP contribution in [0.15, 0.2) is 41.3 Å². The highest BCUT2D eigenvalue weighted by atomic mass is 35.5. The maximum absolute atomic E-state index is 12.2. The maximum atomic E-state index is 12.2. The van der Waals surface area contributed by atoms with Crippen molar-refractivity contribution in [1.82, 2.24) is 4.72 Å². The lowest BCUT2D eigenvalue weighted by molar-refractivity contribution is -0.118. The number of hydrogen-bond donors (Lipinski definition) is 2. The van der Waals surface area contributed by atoms with E-state index >= 15 is 0 Å². The van der Waals surface area contributed by atoms with Gasteiger partial charge in [-0.15, -0.1) is 0 Å². The molecule has 0 aliphatic heterocycles. The summed E-state index contributed by atoms with van der Waals surface area (Å²) in [6, 6.07) is 8.95. The number of benzene rings is 2. The van der Waals surface area contributed by atoms with Crippen LogP contribution in [0.5, 0.6) is 5.75 Å². The van der Waals surface area contributed by atoms with Crippen LogP contribution in [0, 0.1) is 6.92 Å². The van der Waals surface area contributed by atoms with E-state index in [0.29, 0.717) is 27.0 Å². The zero-order valence-corrected chi connectivity index (χ0v) is 17.4. The van der Waals surface area contributed by atoms with Crippen molar-refractivity contribution in [3.63, 3.8) is 0 Å². The molecule has 0 aliphatic rings. The first-order valence-electron chi connectivity index (χ1n) is 8.09. The van der Waals surface area contributed by atoms with Crippen LogP contribution in [0.25, 0.3) is 0 Å². The molecule has 9 heteroatoms. The van der Waals surface area contributed by atoms with Gasteiger partial charge in [0.2, 0.25) is 10.0 Å². The molecule has 0 fully saturated rings. The Kier molecular flexibility index (Phi) is 7.11. The monoisotopic (exact) mass is 430 g/mol. The number of aryl methyl sites for hydroxylation is 1. The van der Waals surface area contributed by atoms with E-state index in [9.17, 15) is 13.2 Å². The molecule has 0 bridgehead atoms. The summed E-state index contributed by atoms with van der Waals surface area (Å²) in [5.41, 5.74) is 0.978. The largest absolute Gasteiger partial charge is 0.483 e. The van der Waals surface area contributed by atoms with Gasteiger partial charge in [0.25, 0.3) is 5.91 Å². The Labute approximate surface area is 168 Å². The molecule has 2 rings (SSSR count). The van der Waals surface area contributed by atoms with Crippen molar-refractivity contribution in [2.45, 2.75) is 31.7 Å². The van der Waals surface area contributed by atoms with Crippen molar-refractivity contribution in [2.75, 3.05) is 11.9 Å².